The van der Waals surface area contributed by atoms with E-state index in [-0.39, 0.29) is 5.41 Å². The summed E-state index contributed by atoms with van der Waals surface area (Å²) in [7, 11) is 0. The molecule has 2 aromatic carbocycles. The van der Waals surface area contributed by atoms with Gasteiger partial charge in [-0.2, -0.15) is 5.10 Å². The van der Waals surface area contributed by atoms with Crippen molar-refractivity contribution in [1.29, 1.82) is 0 Å². The minimum atomic E-state index is -0.0795. The maximum Gasteiger partial charge on any atom is 0.0780 e. The van der Waals surface area contributed by atoms with E-state index in [2.05, 4.69) is 72.3 Å². The lowest BCUT2D eigenvalue weighted by Crippen LogP contribution is -2.30. The average molecular weight is 341 g/mol. The molecule has 0 fully saturated rings. The summed E-state index contributed by atoms with van der Waals surface area (Å²) in [5.74, 6) is 0. The SMILES string of the molecule is CC1(C)C=CN(c2cccc(Br)c2)N=C1c1ccccc1. The Morgan fingerprint density at radius 3 is 2.48 bits per heavy atom. The molecule has 21 heavy (non-hydrogen) atoms. The molecule has 106 valence electrons. The lowest BCUT2D eigenvalue weighted by Gasteiger charge is -2.31. The molecule has 0 amide bonds. The van der Waals surface area contributed by atoms with E-state index in [0.717, 1.165) is 21.4 Å². The molecular formula is C18H17BrN2. The van der Waals surface area contributed by atoms with Crippen molar-refractivity contribution in [2.45, 2.75) is 13.8 Å². The Morgan fingerprint density at radius 2 is 1.76 bits per heavy atom. The first-order chi connectivity index (χ1) is 10.1. The van der Waals surface area contributed by atoms with Crippen LogP contribution in [0.5, 0.6) is 0 Å². The second kappa shape index (κ2) is 5.49. The lowest BCUT2D eigenvalue weighted by atomic mass is 9.83. The van der Waals surface area contributed by atoms with Crippen molar-refractivity contribution in [3.05, 3.63) is 76.9 Å². The van der Waals surface area contributed by atoms with Gasteiger partial charge >= 0.3 is 0 Å². The highest BCUT2D eigenvalue weighted by Gasteiger charge is 2.27. The fourth-order valence-electron chi connectivity index (χ4n) is 2.39. The van der Waals surface area contributed by atoms with E-state index in [0.29, 0.717) is 0 Å². The van der Waals surface area contributed by atoms with Crippen LogP contribution >= 0.6 is 15.9 Å². The molecule has 0 radical (unpaired) electrons. The average Bonchev–Trinajstić information content (AvgIpc) is 2.48. The highest BCUT2D eigenvalue weighted by atomic mass is 79.9. The van der Waals surface area contributed by atoms with Gasteiger partial charge in [0, 0.05) is 16.1 Å². The van der Waals surface area contributed by atoms with Crippen LogP contribution in [-0.4, -0.2) is 5.71 Å². The molecule has 0 bridgehead atoms. The van der Waals surface area contributed by atoms with Crippen molar-refractivity contribution in [2.24, 2.45) is 10.5 Å². The van der Waals surface area contributed by atoms with E-state index < -0.39 is 0 Å². The van der Waals surface area contributed by atoms with Crippen molar-refractivity contribution >= 4 is 27.3 Å². The number of hydrogen-bond donors (Lipinski definition) is 0. The van der Waals surface area contributed by atoms with E-state index in [9.17, 15) is 0 Å². The highest BCUT2D eigenvalue weighted by Crippen LogP contribution is 2.31. The summed E-state index contributed by atoms with van der Waals surface area (Å²) in [5.41, 5.74) is 3.20. The summed E-state index contributed by atoms with van der Waals surface area (Å²) in [5, 5.41) is 6.79. The molecule has 0 unspecified atom stereocenters. The number of allylic oxidation sites excluding steroid dienone is 1. The van der Waals surface area contributed by atoms with Crippen molar-refractivity contribution in [3.63, 3.8) is 0 Å². The van der Waals surface area contributed by atoms with Crippen molar-refractivity contribution in [1.82, 2.24) is 0 Å². The second-order valence-electron chi connectivity index (χ2n) is 5.68. The first-order valence-corrected chi connectivity index (χ1v) is 7.74. The molecule has 0 aliphatic carbocycles. The summed E-state index contributed by atoms with van der Waals surface area (Å²) in [6, 6.07) is 18.5. The van der Waals surface area contributed by atoms with E-state index in [1.165, 1.54) is 0 Å². The van der Waals surface area contributed by atoms with Gasteiger partial charge in [0.2, 0.25) is 0 Å². The maximum atomic E-state index is 4.86. The second-order valence-corrected chi connectivity index (χ2v) is 6.59. The molecule has 0 aromatic heterocycles. The van der Waals surface area contributed by atoms with Crippen molar-refractivity contribution in [2.75, 3.05) is 5.01 Å². The van der Waals surface area contributed by atoms with Crippen molar-refractivity contribution < 1.29 is 0 Å². The zero-order chi connectivity index (χ0) is 14.9. The van der Waals surface area contributed by atoms with Gasteiger partial charge in [0.25, 0.3) is 0 Å². The van der Waals surface area contributed by atoms with Gasteiger partial charge in [-0.05, 0) is 23.8 Å². The number of nitrogens with zero attached hydrogens (tertiary/aromatic N) is 2. The van der Waals surface area contributed by atoms with Gasteiger partial charge in [-0.3, -0.25) is 0 Å². The largest absolute Gasteiger partial charge is 0.241 e. The van der Waals surface area contributed by atoms with Crippen LogP contribution in [0.3, 0.4) is 0 Å². The molecule has 0 atom stereocenters. The summed E-state index contributed by atoms with van der Waals surface area (Å²) >= 11 is 3.51. The molecule has 0 N–H and O–H groups in total. The van der Waals surface area contributed by atoms with E-state index >= 15 is 0 Å². The lowest BCUT2D eigenvalue weighted by molar-refractivity contribution is 0.656. The van der Waals surface area contributed by atoms with Crippen LogP contribution in [0.4, 0.5) is 5.69 Å². The third-order valence-corrected chi connectivity index (χ3v) is 4.06. The third-order valence-electron chi connectivity index (χ3n) is 3.57. The quantitative estimate of drug-likeness (QED) is 0.732. The normalized spacial score (nSPS) is 16.7. The number of rotatable bonds is 2. The molecule has 3 rings (SSSR count). The van der Waals surface area contributed by atoms with Gasteiger partial charge in [0.05, 0.1) is 11.4 Å². The van der Waals surface area contributed by atoms with E-state index in [1.54, 1.807) is 0 Å². The first kappa shape index (κ1) is 14.1. The van der Waals surface area contributed by atoms with Crippen LogP contribution in [0, 0.1) is 5.41 Å². The summed E-state index contributed by atoms with van der Waals surface area (Å²) in [6.07, 6.45) is 4.23. The van der Waals surface area contributed by atoms with Crippen LogP contribution in [0.25, 0.3) is 0 Å². The molecule has 0 spiro atoms. The molecule has 2 nitrogen and oxygen atoms in total. The van der Waals surface area contributed by atoms with Crippen LogP contribution in [0.15, 0.2) is 76.4 Å². The molecule has 1 heterocycles. The van der Waals surface area contributed by atoms with Gasteiger partial charge < -0.3 is 0 Å². The predicted molar refractivity (Wildman–Crippen MR) is 92.5 cm³/mol. The highest BCUT2D eigenvalue weighted by molar-refractivity contribution is 9.10. The number of hydrogen-bond acceptors (Lipinski definition) is 2. The summed E-state index contributed by atoms with van der Waals surface area (Å²) in [6.45, 7) is 4.38. The Kier molecular flexibility index (Phi) is 3.68. The molecule has 3 heteroatoms. The molecule has 1 aliphatic heterocycles. The van der Waals surface area contributed by atoms with Crippen LogP contribution in [0.2, 0.25) is 0 Å². The Balaban J connectivity index is 2.04. The number of anilines is 1. The van der Waals surface area contributed by atoms with Gasteiger partial charge in [-0.15, -0.1) is 0 Å². The van der Waals surface area contributed by atoms with Crippen LogP contribution < -0.4 is 5.01 Å². The number of benzene rings is 2. The molecule has 0 saturated heterocycles. The Morgan fingerprint density at radius 1 is 1.00 bits per heavy atom. The fourth-order valence-corrected chi connectivity index (χ4v) is 2.78. The van der Waals surface area contributed by atoms with Crippen molar-refractivity contribution in [3.8, 4) is 0 Å². The van der Waals surface area contributed by atoms with Crippen LogP contribution in [0.1, 0.15) is 19.4 Å². The number of hydrazone groups is 1. The van der Waals surface area contributed by atoms with E-state index in [1.807, 2.05) is 29.4 Å². The van der Waals surface area contributed by atoms with Gasteiger partial charge in [0.1, 0.15) is 0 Å². The van der Waals surface area contributed by atoms with Gasteiger partial charge in [0.15, 0.2) is 0 Å². The minimum Gasteiger partial charge on any atom is -0.241 e. The Hall–Kier alpha value is -1.87. The minimum absolute atomic E-state index is 0.0795. The zero-order valence-corrected chi connectivity index (χ0v) is 13.7. The molecule has 1 aliphatic rings. The maximum absolute atomic E-state index is 4.86. The molecular weight excluding hydrogens is 324 g/mol. The fraction of sp³-hybridized carbons (Fsp3) is 0.167. The monoisotopic (exact) mass is 340 g/mol. The van der Waals surface area contributed by atoms with Crippen LogP contribution in [-0.2, 0) is 0 Å². The smallest absolute Gasteiger partial charge is 0.0780 e. The zero-order valence-electron chi connectivity index (χ0n) is 12.1. The topological polar surface area (TPSA) is 15.6 Å². The first-order valence-electron chi connectivity index (χ1n) is 6.95. The standard InChI is InChI=1S/C18H17BrN2/c1-18(2)11-12-21(16-10-6-9-15(19)13-16)20-17(18)14-7-4-3-5-8-14/h3-13H,1-2H3. The van der Waals surface area contributed by atoms with Gasteiger partial charge in [-0.25, -0.2) is 5.01 Å². The molecule has 2 aromatic rings. The van der Waals surface area contributed by atoms with E-state index in [4.69, 9.17) is 5.10 Å². The van der Waals surface area contributed by atoms with Gasteiger partial charge in [-0.1, -0.05) is 72.3 Å². The third kappa shape index (κ3) is 2.93. The molecule has 0 saturated carbocycles. The summed E-state index contributed by atoms with van der Waals surface area (Å²) < 4.78 is 1.05. The Bertz CT molecular complexity index is 702. The Labute approximate surface area is 133 Å². The predicted octanol–water partition coefficient (Wildman–Crippen LogP) is 5.21. The number of halogens is 1. The summed E-state index contributed by atoms with van der Waals surface area (Å²) in [4.78, 5) is 0.